The first kappa shape index (κ1) is 22.8. The number of benzene rings is 3. The van der Waals surface area contributed by atoms with E-state index in [0.29, 0.717) is 35.2 Å². The lowest BCUT2D eigenvalue weighted by atomic mass is 9.94. The van der Waals surface area contributed by atoms with Gasteiger partial charge >= 0.3 is 0 Å². The predicted molar refractivity (Wildman–Crippen MR) is 140 cm³/mol. The van der Waals surface area contributed by atoms with Crippen LogP contribution in [0.5, 0.6) is 23.0 Å². The van der Waals surface area contributed by atoms with E-state index in [1.807, 2.05) is 41.3 Å². The van der Waals surface area contributed by atoms with Crippen molar-refractivity contribution in [3.8, 4) is 34.1 Å². The number of aliphatic imine (C=N–C) groups is 1. The molecule has 0 fully saturated rings. The van der Waals surface area contributed by atoms with Crippen molar-refractivity contribution in [3.63, 3.8) is 0 Å². The number of ether oxygens (including phenoxy) is 4. The largest absolute Gasteiger partial charge is 0.497 e. The highest BCUT2D eigenvalue weighted by molar-refractivity contribution is 6.20. The highest BCUT2D eigenvalue weighted by Crippen LogP contribution is 2.46. The number of carbonyl (C=O) groups is 1. The minimum Gasteiger partial charge on any atom is -0.497 e. The normalized spacial score (nSPS) is 15.9. The van der Waals surface area contributed by atoms with E-state index in [9.17, 15) is 4.79 Å². The van der Waals surface area contributed by atoms with Gasteiger partial charge < -0.3 is 23.8 Å². The van der Waals surface area contributed by atoms with Crippen molar-refractivity contribution in [1.82, 2.24) is 9.88 Å². The van der Waals surface area contributed by atoms with E-state index in [4.69, 9.17) is 23.9 Å². The summed E-state index contributed by atoms with van der Waals surface area (Å²) in [7, 11) is 6.31. The molecule has 186 valence electrons. The number of hydrogen-bond acceptors (Lipinski definition) is 7. The van der Waals surface area contributed by atoms with Gasteiger partial charge in [-0.2, -0.15) is 4.99 Å². The van der Waals surface area contributed by atoms with Crippen LogP contribution in [0.1, 0.15) is 22.9 Å². The Morgan fingerprint density at radius 1 is 0.838 bits per heavy atom. The molecule has 0 aliphatic carbocycles. The van der Waals surface area contributed by atoms with E-state index in [1.165, 1.54) is 0 Å². The first-order valence-corrected chi connectivity index (χ1v) is 11.8. The van der Waals surface area contributed by atoms with Gasteiger partial charge in [-0.15, -0.1) is 0 Å². The molecule has 3 aromatic carbocycles. The molecule has 0 radical (unpaired) electrons. The lowest BCUT2D eigenvalue weighted by molar-refractivity contribution is -0.120. The molecule has 37 heavy (non-hydrogen) atoms. The van der Waals surface area contributed by atoms with Gasteiger partial charge in [0.05, 0.1) is 46.2 Å². The molecule has 4 aromatic rings. The summed E-state index contributed by atoms with van der Waals surface area (Å²) in [5.41, 5.74) is 5.32. The first-order valence-electron chi connectivity index (χ1n) is 11.8. The number of methoxy groups -OCH3 is 4. The summed E-state index contributed by atoms with van der Waals surface area (Å²) in [5.74, 6) is 2.54. The zero-order valence-corrected chi connectivity index (χ0v) is 20.9. The molecule has 6 rings (SSSR count). The summed E-state index contributed by atoms with van der Waals surface area (Å²) >= 11 is 0. The molecule has 3 heterocycles. The maximum atomic E-state index is 13.4. The van der Waals surface area contributed by atoms with Gasteiger partial charge in [0, 0.05) is 16.5 Å². The van der Waals surface area contributed by atoms with Crippen LogP contribution in [0, 0.1) is 0 Å². The molecule has 0 saturated heterocycles. The van der Waals surface area contributed by atoms with Crippen molar-refractivity contribution in [2.24, 2.45) is 4.99 Å². The fourth-order valence-corrected chi connectivity index (χ4v) is 5.27. The number of fused-ring (bicyclic) bond motifs is 4. The molecular weight excluding hydrogens is 470 g/mol. The Hall–Kier alpha value is -4.59. The van der Waals surface area contributed by atoms with Crippen LogP contribution in [0.3, 0.4) is 0 Å². The van der Waals surface area contributed by atoms with Crippen LogP contribution in [0.25, 0.3) is 22.0 Å². The highest BCUT2D eigenvalue weighted by atomic mass is 16.5. The number of amides is 1. The Balaban J connectivity index is 1.54. The summed E-state index contributed by atoms with van der Waals surface area (Å²) < 4.78 is 22.1. The van der Waals surface area contributed by atoms with Gasteiger partial charge in [-0.3, -0.25) is 9.78 Å². The molecule has 2 aliphatic heterocycles. The fourth-order valence-electron chi connectivity index (χ4n) is 5.27. The van der Waals surface area contributed by atoms with E-state index in [0.717, 1.165) is 39.0 Å². The van der Waals surface area contributed by atoms with Gasteiger partial charge in [0.1, 0.15) is 17.6 Å². The van der Waals surface area contributed by atoms with E-state index in [2.05, 4.69) is 17.1 Å². The molecule has 8 heteroatoms. The summed E-state index contributed by atoms with van der Waals surface area (Å²) in [4.78, 5) is 24.9. The average Bonchev–Trinajstić information content (AvgIpc) is 3.44. The monoisotopic (exact) mass is 495 g/mol. The van der Waals surface area contributed by atoms with E-state index < -0.39 is 6.04 Å². The number of carbonyl (C=O) groups excluding carboxylic acids is 1. The predicted octanol–water partition coefficient (Wildman–Crippen LogP) is 4.78. The second-order valence-corrected chi connectivity index (χ2v) is 8.82. The van der Waals surface area contributed by atoms with Crippen LogP contribution in [0.2, 0.25) is 0 Å². The van der Waals surface area contributed by atoms with Gasteiger partial charge in [0.25, 0.3) is 5.91 Å². The summed E-state index contributed by atoms with van der Waals surface area (Å²) in [6, 6.07) is 18.9. The maximum Gasteiger partial charge on any atom is 0.275 e. The van der Waals surface area contributed by atoms with Crippen molar-refractivity contribution in [1.29, 1.82) is 0 Å². The van der Waals surface area contributed by atoms with Crippen LogP contribution < -0.4 is 18.9 Å². The number of nitrogens with zero attached hydrogens (tertiary/aromatic N) is 3. The quantitative estimate of drug-likeness (QED) is 0.381. The van der Waals surface area contributed by atoms with Crippen LogP contribution >= 0.6 is 0 Å². The minimum absolute atomic E-state index is 0.250. The lowest BCUT2D eigenvalue weighted by Gasteiger charge is -2.23. The number of hydrogen-bond donors (Lipinski definition) is 0. The Morgan fingerprint density at radius 2 is 1.57 bits per heavy atom. The van der Waals surface area contributed by atoms with Gasteiger partial charge in [-0.1, -0.05) is 30.3 Å². The van der Waals surface area contributed by atoms with Gasteiger partial charge in [0.2, 0.25) is 5.75 Å². The molecule has 1 amide bonds. The Labute approximate surface area is 214 Å². The second kappa shape index (κ2) is 8.81. The van der Waals surface area contributed by atoms with Gasteiger partial charge in [-0.25, -0.2) is 0 Å². The minimum atomic E-state index is -0.640. The molecule has 0 saturated carbocycles. The standard InChI is InChI=1S/C29H25N3O5/c1-34-18-10-11-20-19(14-18)24(16-8-6-5-7-9-16)25-21(30-20)15-32-26(29(33)31-28(25)32)17-12-22(35-2)27(37-4)23(13-17)36-3/h5-14,26H,15H2,1-4H3. The maximum absolute atomic E-state index is 13.4. The molecule has 0 spiro atoms. The summed E-state index contributed by atoms with van der Waals surface area (Å²) in [6.07, 6.45) is 0. The molecule has 1 unspecified atom stereocenters. The molecular formula is C29H25N3O5. The number of amidine groups is 1. The number of rotatable bonds is 6. The Bertz CT molecular complexity index is 1560. The molecule has 0 bridgehead atoms. The van der Waals surface area contributed by atoms with E-state index >= 15 is 0 Å². The average molecular weight is 496 g/mol. The third-order valence-electron chi connectivity index (χ3n) is 6.91. The molecule has 2 aliphatic rings. The van der Waals surface area contributed by atoms with Crippen molar-refractivity contribution in [3.05, 3.63) is 77.5 Å². The van der Waals surface area contributed by atoms with Crippen molar-refractivity contribution < 1.29 is 23.7 Å². The van der Waals surface area contributed by atoms with Crippen LogP contribution in [0.4, 0.5) is 0 Å². The van der Waals surface area contributed by atoms with E-state index in [1.54, 1.807) is 40.6 Å². The van der Waals surface area contributed by atoms with Crippen molar-refractivity contribution in [2.45, 2.75) is 12.6 Å². The number of pyridine rings is 1. The van der Waals surface area contributed by atoms with Crippen molar-refractivity contribution in [2.75, 3.05) is 28.4 Å². The van der Waals surface area contributed by atoms with Crippen LogP contribution in [-0.2, 0) is 11.3 Å². The van der Waals surface area contributed by atoms with Gasteiger partial charge in [0.15, 0.2) is 11.5 Å². The molecule has 1 atom stereocenters. The SMILES string of the molecule is COc1ccc2nc3c(c(-c4ccccc4)c2c1)C1=NC(=O)C(c2cc(OC)c(OC)c(OC)c2)N1C3. The van der Waals surface area contributed by atoms with Crippen LogP contribution in [0.15, 0.2) is 65.7 Å². The second-order valence-electron chi connectivity index (χ2n) is 8.82. The summed E-state index contributed by atoms with van der Waals surface area (Å²) in [6.45, 7) is 0.447. The van der Waals surface area contributed by atoms with Crippen molar-refractivity contribution >= 4 is 22.6 Å². The third-order valence-corrected chi connectivity index (χ3v) is 6.91. The smallest absolute Gasteiger partial charge is 0.275 e. The lowest BCUT2D eigenvalue weighted by Crippen LogP contribution is -2.27. The fraction of sp³-hybridized carbons (Fsp3) is 0.207. The summed E-state index contributed by atoms with van der Waals surface area (Å²) in [5, 5.41) is 0.942. The molecule has 8 nitrogen and oxygen atoms in total. The topological polar surface area (TPSA) is 82.5 Å². The Morgan fingerprint density at radius 3 is 2.22 bits per heavy atom. The first-order chi connectivity index (χ1) is 18.1. The molecule has 0 N–H and O–H groups in total. The van der Waals surface area contributed by atoms with Gasteiger partial charge in [-0.05, 0) is 41.5 Å². The third kappa shape index (κ3) is 3.48. The Kier molecular flexibility index (Phi) is 5.44. The zero-order valence-electron chi connectivity index (χ0n) is 20.9. The molecule has 1 aromatic heterocycles. The van der Waals surface area contributed by atoms with E-state index in [-0.39, 0.29) is 5.91 Å². The zero-order chi connectivity index (χ0) is 25.7. The highest BCUT2D eigenvalue weighted by Gasteiger charge is 2.44. The van der Waals surface area contributed by atoms with Crippen LogP contribution in [-0.4, -0.2) is 50.1 Å². The number of aromatic nitrogens is 1.